The SMILES string of the molecule is CNC(C)c1ccc(N(C)C(C)COC)cn1. The summed E-state index contributed by atoms with van der Waals surface area (Å²) in [5, 5.41) is 3.18. The van der Waals surface area contributed by atoms with Gasteiger partial charge in [0.25, 0.3) is 0 Å². The third-order valence-electron chi connectivity index (χ3n) is 3.12. The van der Waals surface area contributed by atoms with Gasteiger partial charge in [0.1, 0.15) is 0 Å². The number of hydrogen-bond acceptors (Lipinski definition) is 4. The third-order valence-corrected chi connectivity index (χ3v) is 3.12. The molecule has 17 heavy (non-hydrogen) atoms. The number of nitrogens with one attached hydrogen (secondary N) is 1. The maximum atomic E-state index is 5.15. The molecule has 1 aromatic rings. The van der Waals surface area contributed by atoms with Gasteiger partial charge in [-0.25, -0.2) is 0 Å². The maximum absolute atomic E-state index is 5.15. The van der Waals surface area contributed by atoms with Crippen molar-refractivity contribution in [2.45, 2.75) is 25.9 Å². The lowest BCUT2D eigenvalue weighted by atomic mass is 10.2. The Hall–Kier alpha value is -1.13. The van der Waals surface area contributed by atoms with E-state index in [9.17, 15) is 0 Å². The smallest absolute Gasteiger partial charge is 0.0663 e. The summed E-state index contributed by atoms with van der Waals surface area (Å²) in [4.78, 5) is 6.64. The fraction of sp³-hybridized carbons (Fsp3) is 0.615. The molecule has 0 radical (unpaired) electrons. The van der Waals surface area contributed by atoms with E-state index in [2.05, 4.69) is 48.2 Å². The fourth-order valence-electron chi connectivity index (χ4n) is 1.62. The number of hydrogen-bond donors (Lipinski definition) is 1. The molecule has 2 atom stereocenters. The lowest BCUT2D eigenvalue weighted by Crippen LogP contribution is -2.32. The zero-order chi connectivity index (χ0) is 12.8. The summed E-state index contributed by atoms with van der Waals surface area (Å²) in [7, 11) is 5.72. The zero-order valence-electron chi connectivity index (χ0n) is 11.4. The molecule has 0 saturated heterocycles. The van der Waals surface area contributed by atoms with Crippen molar-refractivity contribution in [2.75, 3.05) is 32.7 Å². The number of nitrogens with zero attached hydrogens (tertiary/aromatic N) is 2. The summed E-state index contributed by atoms with van der Waals surface area (Å²) < 4.78 is 5.15. The van der Waals surface area contributed by atoms with Crippen LogP contribution in [0.2, 0.25) is 0 Å². The highest BCUT2D eigenvalue weighted by Gasteiger charge is 2.11. The van der Waals surface area contributed by atoms with Gasteiger partial charge >= 0.3 is 0 Å². The molecule has 0 aromatic carbocycles. The summed E-state index contributed by atoms with van der Waals surface area (Å²) in [5.41, 5.74) is 2.17. The molecule has 0 aliphatic rings. The molecule has 0 aliphatic carbocycles. The molecule has 1 rings (SSSR count). The molecular weight excluding hydrogens is 214 g/mol. The minimum absolute atomic E-state index is 0.283. The topological polar surface area (TPSA) is 37.4 Å². The number of likely N-dealkylation sites (N-methyl/N-ethyl adjacent to an activating group) is 1. The molecule has 0 bridgehead atoms. The van der Waals surface area contributed by atoms with Crippen molar-refractivity contribution < 1.29 is 4.74 Å². The van der Waals surface area contributed by atoms with E-state index in [-0.39, 0.29) is 6.04 Å². The van der Waals surface area contributed by atoms with E-state index in [0.717, 1.165) is 11.4 Å². The zero-order valence-corrected chi connectivity index (χ0v) is 11.4. The Morgan fingerprint density at radius 1 is 1.41 bits per heavy atom. The van der Waals surface area contributed by atoms with Crippen LogP contribution in [0.15, 0.2) is 18.3 Å². The number of aromatic nitrogens is 1. The predicted octanol–water partition coefficient (Wildman–Crippen LogP) is 1.83. The van der Waals surface area contributed by atoms with Crippen molar-refractivity contribution in [3.05, 3.63) is 24.0 Å². The molecule has 1 heterocycles. The van der Waals surface area contributed by atoms with Crippen molar-refractivity contribution in [2.24, 2.45) is 0 Å². The van der Waals surface area contributed by atoms with Crippen LogP contribution in [-0.4, -0.2) is 38.8 Å². The van der Waals surface area contributed by atoms with Gasteiger partial charge in [-0.2, -0.15) is 0 Å². The van der Waals surface area contributed by atoms with Crippen LogP contribution in [0.4, 0.5) is 5.69 Å². The number of ether oxygens (including phenoxy) is 1. The van der Waals surface area contributed by atoms with Crippen LogP contribution in [0.25, 0.3) is 0 Å². The lowest BCUT2D eigenvalue weighted by Gasteiger charge is -2.26. The molecule has 4 nitrogen and oxygen atoms in total. The van der Waals surface area contributed by atoms with E-state index in [1.807, 2.05) is 13.2 Å². The van der Waals surface area contributed by atoms with Crippen molar-refractivity contribution in [3.63, 3.8) is 0 Å². The van der Waals surface area contributed by atoms with Crippen LogP contribution in [0.5, 0.6) is 0 Å². The molecule has 0 amide bonds. The van der Waals surface area contributed by atoms with E-state index in [0.29, 0.717) is 12.6 Å². The molecule has 4 heteroatoms. The van der Waals surface area contributed by atoms with Gasteiger partial charge in [0, 0.05) is 26.2 Å². The average Bonchev–Trinajstić information content (AvgIpc) is 2.37. The molecule has 0 saturated carbocycles. The van der Waals surface area contributed by atoms with Gasteiger partial charge in [-0.1, -0.05) is 0 Å². The minimum atomic E-state index is 0.283. The standard InChI is InChI=1S/C13H23N3O/c1-10(9-17-5)16(4)12-6-7-13(15-8-12)11(2)14-3/h6-8,10-11,14H,9H2,1-5H3. The van der Waals surface area contributed by atoms with Gasteiger partial charge in [-0.3, -0.25) is 4.98 Å². The molecule has 1 N–H and O–H groups in total. The molecule has 96 valence electrons. The Labute approximate surface area is 104 Å². The summed E-state index contributed by atoms with van der Waals surface area (Å²) in [6, 6.07) is 4.79. The van der Waals surface area contributed by atoms with Gasteiger partial charge in [-0.15, -0.1) is 0 Å². The van der Waals surface area contributed by atoms with Gasteiger partial charge in [0.05, 0.1) is 24.2 Å². The fourth-order valence-corrected chi connectivity index (χ4v) is 1.62. The second-order valence-corrected chi connectivity index (χ2v) is 4.37. The van der Waals surface area contributed by atoms with Crippen LogP contribution in [0, 0.1) is 0 Å². The van der Waals surface area contributed by atoms with Gasteiger partial charge in [0.15, 0.2) is 0 Å². The third kappa shape index (κ3) is 3.68. The largest absolute Gasteiger partial charge is 0.383 e. The Morgan fingerprint density at radius 2 is 2.12 bits per heavy atom. The monoisotopic (exact) mass is 237 g/mol. The summed E-state index contributed by atoms with van der Waals surface area (Å²) in [6.45, 7) is 4.94. The van der Waals surface area contributed by atoms with E-state index >= 15 is 0 Å². The van der Waals surface area contributed by atoms with Gasteiger partial charge in [-0.05, 0) is 33.0 Å². The summed E-state index contributed by atoms with van der Waals surface area (Å²) in [5.74, 6) is 0. The Balaban J connectivity index is 2.73. The average molecular weight is 237 g/mol. The van der Waals surface area contributed by atoms with Gasteiger partial charge < -0.3 is 15.0 Å². The highest BCUT2D eigenvalue weighted by Crippen LogP contribution is 2.17. The molecule has 0 fully saturated rings. The van der Waals surface area contributed by atoms with E-state index in [1.165, 1.54) is 0 Å². The first kappa shape index (κ1) is 13.9. The number of anilines is 1. The van der Waals surface area contributed by atoms with Gasteiger partial charge in [0.2, 0.25) is 0 Å². The Morgan fingerprint density at radius 3 is 2.59 bits per heavy atom. The van der Waals surface area contributed by atoms with E-state index < -0.39 is 0 Å². The van der Waals surface area contributed by atoms with E-state index in [4.69, 9.17) is 4.74 Å². The second-order valence-electron chi connectivity index (χ2n) is 4.37. The minimum Gasteiger partial charge on any atom is -0.383 e. The van der Waals surface area contributed by atoms with Crippen LogP contribution in [0.1, 0.15) is 25.6 Å². The second kappa shape index (κ2) is 6.57. The molecule has 0 spiro atoms. The molecule has 2 unspecified atom stereocenters. The highest BCUT2D eigenvalue weighted by molar-refractivity contribution is 5.44. The van der Waals surface area contributed by atoms with Crippen molar-refractivity contribution in [3.8, 4) is 0 Å². The Kier molecular flexibility index (Phi) is 5.38. The van der Waals surface area contributed by atoms with Crippen LogP contribution < -0.4 is 10.2 Å². The number of methoxy groups -OCH3 is 1. The first-order valence-electron chi connectivity index (χ1n) is 5.95. The normalized spacial score (nSPS) is 14.4. The van der Waals surface area contributed by atoms with Crippen molar-refractivity contribution in [1.29, 1.82) is 0 Å². The van der Waals surface area contributed by atoms with Crippen LogP contribution in [-0.2, 0) is 4.74 Å². The quantitative estimate of drug-likeness (QED) is 0.819. The predicted molar refractivity (Wildman–Crippen MR) is 71.5 cm³/mol. The maximum Gasteiger partial charge on any atom is 0.0663 e. The van der Waals surface area contributed by atoms with E-state index in [1.54, 1.807) is 7.11 Å². The Bertz CT molecular complexity index is 326. The molecule has 0 aliphatic heterocycles. The molecular formula is C13H23N3O. The summed E-state index contributed by atoms with van der Waals surface area (Å²) >= 11 is 0. The molecule has 1 aromatic heterocycles. The van der Waals surface area contributed by atoms with Crippen molar-refractivity contribution in [1.82, 2.24) is 10.3 Å². The van der Waals surface area contributed by atoms with Crippen LogP contribution in [0.3, 0.4) is 0 Å². The van der Waals surface area contributed by atoms with Crippen LogP contribution >= 0.6 is 0 Å². The summed E-state index contributed by atoms with van der Waals surface area (Å²) in [6.07, 6.45) is 1.91. The first-order valence-corrected chi connectivity index (χ1v) is 5.95. The highest BCUT2D eigenvalue weighted by atomic mass is 16.5. The lowest BCUT2D eigenvalue weighted by molar-refractivity contribution is 0.183. The number of rotatable bonds is 6. The first-order chi connectivity index (χ1) is 8.10. The number of pyridine rings is 1. The van der Waals surface area contributed by atoms with Crippen molar-refractivity contribution >= 4 is 5.69 Å².